The van der Waals surface area contributed by atoms with Crippen molar-refractivity contribution < 1.29 is 9.90 Å². The molecule has 3 heteroatoms. The molecule has 1 aromatic carbocycles. The van der Waals surface area contributed by atoms with Gasteiger partial charge in [0.1, 0.15) is 0 Å². The van der Waals surface area contributed by atoms with Crippen LogP contribution in [0.4, 0.5) is 0 Å². The van der Waals surface area contributed by atoms with Gasteiger partial charge in [-0.25, -0.2) is 0 Å². The molecule has 1 aliphatic carbocycles. The molecule has 2 aliphatic rings. The standard InChI is InChI=1S/C14H17NO2/c16-13(17)12-9-15(10-14(12)6-7-14)8-11-4-2-1-3-5-11/h1-5,12H,6-10H2,(H,16,17)/t12-/m1/s1. The van der Waals surface area contributed by atoms with Crippen molar-refractivity contribution in [1.29, 1.82) is 0 Å². The Kier molecular flexibility index (Phi) is 2.44. The van der Waals surface area contributed by atoms with Crippen molar-refractivity contribution in [2.75, 3.05) is 13.1 Å². The lowest BCUT2D eigenvalue weighted by Crippen LogP contribution is -2.23. The van der Waals surface area contributed by atoms with E-state index in [2.05, 4.69) is 17.0 Å². The third-order valence-corrected chi connectivity index (χ3v) is 4.16. The maximum atomic E-state index is 11.2. The number of benzene rings is 1. The van der Waals surface area contributed by atoms with E-state index in [1.54, 1.807) is 0 Å². The van der Waals surface area contributed by atoms with E-state index in [-0.39, 0.29) is 11.3 Å². The fraction of sp³-hybridized carbons (Fsp3) is 0.500. The number of hydrogen-bond donors (Lipinski definition) is 1. The highest BCUT2D eigenvalue weighted by molar-refractivity contribution is 5.72. The number of likely N-dealkylation sites (tertiary alicyclic amines) is 1. The van der Waals surface area contributed by atoms with Gasteiger partial charge in [0.2, 0.25) is 0 Å². The quantitative estimate of drug-likeness (QED) is 0.864. The Bertz CT molecular complexity index is 425. The molecule has 1 saturated carbocycles. The minimum atomic E-state index is -0.613. The smallest absolute Gasteiger partial charge is 0.308 e. The fourth-order valence-electron chi connectivity index (χ4n) is 3.04. The van der Waals surface area contributed by atoms with Crippen LogP contribution in [0.1, 0.15) is 18.4 Å². The molecule has 1 N–H and O–H groups in total. The topological polar surface area (TPSA) is 40.5 Å². The van der Waals surface area contributed by atoms with E-state index in [0.29, 0.717) is 6.54 Å². The zero-order valence-electron chi connectivity index (χ0n) is 9.80. The summed E-state index contributed by atoms with van der Waals surface area (Å²) in [6.45, 7) is 2.55. The first-order chi connectivity index (χ1) is 8.20. The van der Waals surface area contributed by atoms with Gasteiger partial charge in [-0.15, -0.1) is 0 Å². The summed E-state index contributed by atoms with van der Waals surface area (Å²) < 4.78 is 0. The van der Waals surface area contributed by atoms with Crippen molar-refractivity contribution >= 4 is 5.97 Å². The average Bonchev–Trinajstić information content (AvgIpc) is 2.97. The van der Waals surface area contributed by atoms with Gasteiger partial charge in [0.25, 0.3) is 0 Å². The number of aliphatic carboxylic acids is 1. The second-order valence-electron chi connectivity index (χ2n) is 5.41. The molecule has 90 valence electrons. The Balaban J connectivity index is 1.69. The highest BCUT2D eigenvalue weighted by Gasteiger charge is 2.57. The predicted octanol–water partition coefficient (Wildman–Crippen LogP) is 1.98. The largest absolute Gasteiger partial charge is 0.481 e. The van der Waals surface area contributed by atoms with Crippen LogP contribution in [0.5, 0.6) is 0 Å². The number of carbonyl (C=O) groups is 1. The fourth-order valence-corrected chi connectivity index (χ4v) is 3.04. The highest BCUT2D eigenvalue weighted by atomic mass is 16.4. The van der Waals surface area contributed by atoms with E-state index in [4.69, 9.17) is 0 Å². The zero-order chi connectivity index (χ0) is 11.9. The average molecular weight is 231 g/mol. The van der Waals surface area contributed by atoms with Crippen molar-refractivity contribution in [1.82, 2.24) is 4.90 Å². The third-order valence-electron chi connectivity index (χ3n) is 4.16. The van der Waals surface area contributed by atoms with Crippen LogP contribution in [0.3, 0.4) is 0 Å². The van der Waals surface area contributed by atoms with Crippen molar-refractivity contribution in [2.45, 2.75) is 19.4 Å². The van der Waals surface area contributed by atoms with Gasteiger partial charge in [0.05, 0.1) is 5.92 Å². The lowest BCUT2D eigenvalue weighted by molar-refractivity contribution is -0.142. The first kappa shape index (κ1) is 10.8. The summed E-state index contributed by atoms with van der Waals surface area (Å²) in [6.07, 6.45) is 2.19. The second kappa shape index (κ2) is 3.84. The van der Waals surface area contributed by atoms with E-state index < -0.39 is 5.97 Å². The highest BCUT2D eigenvalue weighted by Crippen LogP contribution is 2.56. The van der Waals surface area contributed by atoms with Gasteiger partial charge >= 0.3 is 5.97 Å². The molecule has 0 radical (unpaired) electrons. The molecule has 1 spiro atoms. The number of nitrogens with zero attached hydrogens (tertiary/aromatic N) is 1. The number of rotatable bonds is 3. The van der Waals surface area contributed by atoms with Crippen molar-refractivity contribution in [3.05, 3.63) is 35.9 Å². The maximum Gasteiger partial charge on any atom is 0.308 e. The Morgan fingerprint density at radius 2 is 2.06 bits per heavy atom. The molecule has 3 nitrogen and oxygen atoms in total. The molecular formula is C14H17NO2. The van der Waals surface area contributed by atoms with Crippen LogP contribution in [0.2, 0.25) is 0 Å². The lowest BCUT2D eigenvalue weighted by Gasteiger charge is -2.15. The van der Waals surface area contributed by atoms with E-state index in [9.17, 15) is 9.90 Å². The SMILES string of the molecule is O=C(O)[C@H]1CN(Cc2ccccc2)CC12CC2. The minimum absolute atomic E-state index is 0.112. The first-order valence-corrected chi connectivity index (χ1v) is 6.19. The molecule has 1 aliphatic heterocycles. The molecule has 0 bridgehead atoms. The van der Waals surface area contributed by atoms with Crippen molar-refractivity contribution in [2.24, 2.45) is 11.3 Å². The molecule has 0 aromatic heterocycles. The van der Waals surface area contributed by atoms with E-state index in [1.165, 1.54) is 5.56 Å². The summed E-state index contributed by atoms with van der Waals surface area (Å²) in [5, 5.41) is 9.25. The molecule has 0 unspecified atom stereocenters. The summed E-state index contributed by atoms with van der Waals surface area (Å²) in [6, 6.07) is 10.3. The van der Waals surface area contributed by atoms with Gasteiger partial charge in [-0.2, -0.15) is 0 Å². The van der Waals surface area contributed by atoms with Crippen LogP contribution >= 0.6 is 0 Å². The lowest BCUT2D eigenvalue weighted by atomic mass is 9.93. The zero-order valence-corrected chi connectivity index (χ0v) is 9.80. The van der Waals surface area contributed by atoms with Crippen LogP contribution in [0.15, 0.2) is 30.3 Å². The molecular weight excluding hydrogens is 214 g/mol. The van der Waals surface area contributed by atoms with E-state index >= 15 is 0 Å². The number of hydrogen-bond acceptors (Lipinski definition) is 2. The molecule has 1 atom stereocenters. The summed E-state index contributed by atoms with van der Waals surface area (Å²) in [5.41, 5.74) is 1.38. The van der Waals surface area contributed by atoms with Gasteiger partial charge in [0, 0.05) is 19.6 Å². The molecule has 3 rings (SSSR count). The molecule has 1 heterocycles. The third kappa shape index (κ3) is 1.95. The van der Waals surface area contributed by atoms with Crippen LogP contribution in [-0.2, 0) is 11.3 Å². The normalized spacial score (nSPS) is 26.2. The Hall–Kier alpha value is -1.35. The monoisotopic (exact) mass is 231 g/mol. The van der Waals surface area contributed by atoms with Gasteiger partial charge in [-0.1, -0.05) is 30.3 Å². The summed E-state index contributed by atoms with van der Waals surface area (Å²) in [7, 11) is 0. The summed E-state index contributed by atoms with van der Waals surface area (Å²) >= 11 is 0. The Labute approximate surface area is 101 Å². The van der Waals surface area contributed by atoms with Crippen LogP contribution in [0.25, 0.3) is 0 Å². The van der Waals surface area contributed by atoms with Gasteiger partial charge in [-0.3, -0.25) is 9.69 Å². The molecule has 0 amide bonds. The summed E-state index contributed by atoms with van der Waals surface area (Å²) in [5.74, 6) is -0.760. The van der Waals surface area contributed by atoms with Crippen molar-refractivity contribution in [3.63, 3.8) is 0 Å². The molecule has 1 aromatic rings. The van der Waals surface area contributed by atoms with Gasteiger partial charge < -0.3 is 5.11 Å². The summed E-state index contributed by atoms with van der Waals surface area (Å²) in [4.78, 5) is 13.5. The Morgan fingerprint density at radius 1 is 1.35 bits per heavy atom. The maximum absolute atomic E-state index is 11.2. The second-order valence-corrected chi connectivity index (χ2v) is 5.41. The van der Waals surface area contributed by atoms with E-state index in [0.717, 1.165) is 25.9 Å². The number of carboxylic acids is 1. The van der Waals surface area contributed by atoms with Crippen LogP contribution in [-0.4, -0.2) is 29.1 Å². The molecule has 1 saturated heterocycles. The predicted molar refractivity (Wildman–Crippen MR) is 64.5 cm³/mol. The molecule has 17 heavy (non-hydrogen) atoms. The number of carboxylic acid groups (broad SMARTS) is 1. The van der Waals surface area contributed by atoms with Crippen LogP contribution < -0.4 is 0 Å². The van der Waals surface area contributed by atoms with Gasteiger partial charge in [-0.05, 0) is 23.8 Å². The van der Waals surface area contributed by atoms with Gasteiger partial charge in [0.15, 0.2) is 0 Å². The minimum Gasteiger partial charge on any atom is -0.481 e. The first-order valence-electron chi connectivity index (χ1n) is 6.19. The van der Waals surface area contributed by atoms with Crippen LogP contribution in [0, 0.1) is 11.3 Å². The van der Waals surface area contributed by atoms with Crippen molar-refractivity contribution in [3.8, 4) is 0 Å². The molecule has 2 fully saturated rings. The Morgan fingerprint density at radius 3 is 2.59 bits per heavy atom. The van der Waals surface area contributed by atoms with E-state index in [1.807, 2.05) is 18.2 Å².